The molecule has 1 aromatic rings. The quantitative estimate of drug-likeness (QED) is 0.913. The van der Waals surface area contributed by atoms with Crippen LogP contribution < -0.4 is 15.0 Å². The van der Waals surface area contributed by atoms with Gasteiger partial charge < -0.3 is 15.0 Å². The van der Waals surface area contributed by atoms with Crippen molar-refractivity contribution in [3.8, 4) is 5.75 Å². The summed E-state index contributed by atoms with van der Waals surface area (Å²) in [5.41, 5.74) is 2.48. The smallest absolute Gasteiger partial charge is 0.410 e. The molecule has 0 aromatic heterocycles. The van der Waals surface area contributed by atoms with Crippen LogP contribution in [0.4, 0.5) is 10.5 Å². The molecule has 1 N–H and O–H groups in total. The Morgan fingerprint density at radius 3 is 2.59 bits per heavy atom. The average molecular weight is 304 g/mol. The first-order chi connectivity index (χ1) is 10.2. The van der Waals surface area contributed by atoms with E-state index in [1.807, 2.05) is 46.8 Å². The Bertz CT molecular complexity index is 603. The molecule has 120 valence electrons. The van der Waals surface area contributed by atoms with Crippen LogP contribution in [-0.2, 0) is 11.2 Å². The van der Waals surface area contributed by atoms with Crippen molar-refractivity contribution in [3.63, 3.8) is 0 Å². The molecule has 0 aliphatic carbocycles. The highest BCUT2D eigenvalue weighted by Crippen LogP contribution is 2.33. The van der Waals surface area contributed by atoms with Gasteiger partial charge in [0, 0.05) is 24.2 Å². The van der Waals surface area contributed by atoms with Gasteiger partial charge in [0.2, 0.25) is 5.91 Å². The number of benzene rings is 1. The zero-order valence-corrected chi connectivity index (χ0v) is 13.9. The fourth-order valence-corrected chi connectivity index (χ4v) is 2.57. The van der Waals surface area contributed by atoms with Crippen molar-refractivity contribution in [2.24, 2.45) is 0 Å². The van der Waals surface area contributed by atoms with Crippen molar-refractivity contribution < 1.29 is 14.3 Å². The summed E-state index contributed by atoms with van der Waals surface area (Å²) < 4.78 is 5.43. The van der Waals surface area contributed by atoms with Gasteiger partial charge in [0.15, 0.2) is 0 Å². The summed E-state index contributed by atoms with van der Waals surface area (Å²) in [5, 5.41) is 2.78. The zero-order valence-electron chi connectivity index (χ0n) is 13.9. The Balaban J connectivity index is 2.25. The molecule has 5 heteroatoms. The lowest BCUT2D eigenvalue weighted by atomic mass is 9.98. The molecule has 0 radical (unpaired) electrons. The van der Waals surface area contributed by atoms with E-state index in [4.69, 9.17) is 4.74 Å². The Kier molecular flexibility index (Phi) is 4.44. The molecule has 0 bridgehead atoms. The van der Waals surface area contributed by atoms with Gasteiger partial charge in [0.1, 0.15) is 5.75 Å². The Labute approximate surface area is 131 Å². The molecule has 5 nitrogen and oxygen atoms in total. The third kappa shape index (κ3) is 3.59. The van der Waals surface area contributed by atoms with Gasteiger partial charge in [0.05, 0.1) is 0 Å². The summed E-state index contributed by atoms with van der Waals surface area (Å²) in [7, 11) is 0. The first kappa shape index (κ1) is 16.3. The van der Waals surface area contributed by atoms with Crippen molar-refractivity contribution in [3.05, 3.63) is 23.3 Å². The number of rotatable bonds is 2. The molecule has 0 saturated heterocycles. The molecule has 0 saturated carbocycles. The van der Waals surface area contributed by atoms with Crippen molar-refractivity contribution in [1.82, 2.24) is 5.32 Å². The summed E-state index contributed by atoms with van der Waals surface area (Å²) in [6.07, 6.45) is 0.717. The molecule has 1 aromatic carbocycles. The number of carbonyl (C=O) groups excluding carboxylic acids is 2. The average Bonchev–Trinajstić information content (AvgIpc) is 2.38. The molecule has 2 rings (SSSR count). The van der Waals surface area contributed by atoms with Gasteiger partial charge in [-0.2, -0.15) is 0 Å². The Morgan fingerprint density at radius 2 is 2.00 bits per heavy atom. The minimum Gasteiger partial charge on any atom is -0.410 e. The lowest BCUT2D eigenvalue weighted by Gasteiger charge is -2.29. The van der Waals surface area contributed by atoms with Crippen LogP contribution >= 0.6 is 0 Å². The van der Waals surface area contributed by atoms with E-state index in [2.05, 4.69) is 5.32 Å². The molecular formula is C17H24N2O3. The third-order valence-electron chi connectivity index (χ3n) is 3.57. The van der Waals surface area contributed by atoms with Gasteiger partial charge in [-0.3, -0.25) is 4.79 Å². The van der Waals surface area contributed by atoms with Gasteiger partial charge in [0.25, 0.3) is 0 Å². The predicted octanol–water partition coefficient (Wildman–Crippen LogP) is 3.18. The van der Waals surface area contributed by atoms with E-state index in [1.54, 1.807) is 4.90 Å². The highest BCUT2D eigenvalue weighted by molar-refractivity contribution is 5.96. The number of nitrogens with zero attached hydrogens (tertiary/aromatic N) is 1. The molecule has 0 fully saturated rings. The molecule has 1 aliphatic heterocycles. The van der Waals surface area contributed by atoms with Crippen LogP contribution in [0.3, 0.4) is 0 Å². The van der Waals surface area contributed by atoms with Crippen LogP contribution in [-0.4, -0.2) is 24.1 Å². The summed E-state index contributed by atoms with van der Waals surface area (Å²) >= 11 is 0. The maximum atomic E-state index is 11.9. The van der Waals surface area contributed by atoms with Gasteiger partial charge in [-0.15, -0.1) is 0 Å². The van der Waals surface area contributed by atoms with Crippen LogP contribution in [0.5, 0.6) is 5.75 Å². The molecule has 1 heterocycles. The highest BCUT2D eigenvalue weighted by atomic mass is 16.6. The van der Waals surface area contributed by atoms with Crippen LogP contribution in [0.2, 0.25) is 0 Å². The highest BCUT2D eigenvalue weighted by Gasteiger charge is 2.25. The Hall–Kier alpha value is -2.04. The number of fused-ring (bicyclic) bond motifs is 1. The van der Waals surface area contributed by atoms with Crippen LogP contribution in [0, 0.1) is 6.92 Å². The molecule has 1 aliphatic rings. The van der Waals surface area contributed by atoms with E-state index < -0.39 is 6.09 Å². The van der Waals surface area contributed by atoms with Gasteiger partial charge >= 0.3 is 6.09 Å². The lowest BCUT2D eigenvalue weighted by Crippen LogP contribution is -2.42. The molecular weight excluding hydrogens is 280 g/mol. The van der Waals surface area contributed by atoms with Crippen molar-refractivity contribution in [1.29, 1.82) is 0 Å². The number of hydrogen-bond donors (Lipinski definition) is 1. The number of aryl methyl sites for hydroxylation is 2. The maximum Gasteiger partial charge on any atom is 0.413 e. The molecule has 0 atom stereocenters. The second-order valence-electron chi connectivity index (χ2n) is 6.65. The monoisotopic (exact) mass is 304 g/mol. The standard InChI is InChI=1S/C17H24N2O3/c1-6-19-13-9-11(2)14(10-12(13)7-8-15(19)20)22-16(21)18-17(3,4)5/h9-10H,6-8H2,1-5H3,(H,18,21). The van der Waals surface area contributed by atoms with E-state index in [0.29, 0.717) is 25.1 Å². The summed E-state index contributed by atoms with van der Waals surface area (Å²) in [6, 6.07) is 3.80. The van der Waals surface area contributed by atoms with E-state index in [9.17, 15) is 9.59 Å². The summed E-state index contributed by atoms with van der Waals surface area (Å²) in [5.74, 6) is 0.694. The fourth-order valence-electron chi connectivity index (χ4n) is 2.57. The van der Waals surface area contributed by atoms with Crippen LogP contribution in [0.1, 0.15) is 45.2 Å². The Morgan fingerprint density at radius 1 is 1.32 bits per heavy atom. The van der Waals surface area contributed by atoms with Crippen molar-refractivity contribution in [2.45, 2.75) is 53.0 Å². The largest absolute Gasteiger partial charge is 0.413 e. The maximum absolute atomic E-state index is 11.9. The van der Waals surface area contributed by atoms with Gasteiger partial charge in [-0.05, 0) is 64.3 Å². The van der Waals surface area contributed by atoms with E-state index in [1.165, 1.54) is 0 Å². The van der Waals surface area contributed by atoms with Gasteiger partial charge in [-0.1, -0.05) is 0 Å². The second kappa shape index (κ2) is 5.99. The number of carbonyl (C=O) groups is 2. The van der Waals surface area contributed by atoms with Gasteiger partial charge in [-0.25, -0.2) is 4.79 Å². The number of amides is 2. The number of hydrogen-bond acceptors (Lipinski definition) is 3. The number of nitrogens with one attached hydrogen (secondary N) is 1. The normalized spacial score (nSPS) is 14.6. The molecule has 2 amide bonds. The number of ether oxygens (including phenoxy) is 1. The zero-order chi connectivity index (χ0) is 16.5. The molecule has 0 spiro atoms. The summed E-state index contributed by atoms with van der Waals surface area (Å²) in [6.45, 7) is 10.2. The first-order valence-electron chi connectivity index (χ1n) is 7.65. The molecule has 22 heavy (non-hydrogen) atoms. The third-order valence-corrected chi connectivity index (χ3v) is 3.57. The number of anilines is 1. The minimum atomic E-state index is -0.463. The van der Waals surface area contributed by atoms with Crippen molar-refractivity contribution in [2.75, 3.05) is 11.4 Å². The topological polar surface area (TPSA) is 58.6 Å². The van der Waals surface area contributed by atoms with E-state index in [0.717, 1.165) is 16.8 Å². The summed E-state index contributed by atoms with van der Waals surface area (Å²) in [4.78, 5) is 25.7. The SMILES string of the molecule is CCN1C(=O)CCc2cc(OC(=O)NC(C)(C)C)c(C)cc21. The fraction of sp³-hybridized carbons (Fsp3) is 0.529. The van der Waals surface area contributed by atoms with Crippen LogP contribution in [0.15, 0.2) is 12.1 Å². The predicted molar refractivity (Wildman–Crippen MR) is 86.4 cm³/mol. The van der Waals surface area contributed by atoms with Crippen LogP contribution in [0.25, 0.3) is 0 Å². The molecule has 0 unspecified atom stereocenters. The van der Waals surface area contributed by atoms with E-state index in [-0.39, 0.29) is 11.4 Å². The second-order valence-corrected chi connectivity index (χ2v) is 6.65. The lowest BCUT2D eigenvalue weighted by molar-refractivity contribution is -0.118. The minimum absolute atomic E-state index is 0.147. The van der Waals surface area contributed by atoms with Crippen molar-refractivity contribution >= 4 is 17.7 Å². The van der Waals surface area contributed by atoms with E-state index >= 15 is 0 Å². The first-order valence-corrected chi connectivity index (χ1v) is 7.65.